The Kier molecular flexibility index (Phi) is 5.34. The fourth-order valence-electron chi connectivity index (χ4n) is 4.44. The molecule has 3 heterocycles. The topological polar surface area (TPSA) is 98.2 Å². The Balaban J connectivity index is 1.36. The predicted molar refractivity (Wildman–Crippen MR) is 103 cm³/mol. The van der Waals surface area contributed by atoms with E-state index in [1.807, 2.05) is 4.57 Å². The van der Waals surface area contributed by atoms with Gasteiger partial charge in [-0.25, -0.2) is 9.48 Å². The number of nitrogens with zero attached hydrogens (tertiary/aromatic N) is 5. The van der Waals surface area contributed by atoms with E-state index in [2.05, 4.69) is 20.5 Å². The normalized spacial score (nSPS) is 19.4. The van der Waals surface area contributed by atoms with Gasteiger partial charge in [0.25, 0.3) is 0 Å². The highest BCUT2D eigenvalue weighted by atomic mass is 16.5. The molecule has 9 heteroatoms. The third kappa shape index (κ3) is 3.89. The van der Waals surface area contributed by atoms with E-state index in [4.69, 9.17) is 4.52 Å². The molecule has 1 aliphatic heterocycles. The summed E-state index contributed by atoms with van der Waals surface area (Å²) in [4.78, 5) is 27.0. The number of nitrogens with one attached hydrogen (secondary N) is 1. The molecule has 2 aromatic heterocycles. The zero-order valence-electron chi connectivity index (χ0n) is 16.6. The van der Waals surface area contributed by atoms with E-state index >= 15 is 0 Å². The third-order valence-corrected chi connectivity index (χ3v) is 5.89. The average Bonchev–Trinajstić information content (AvgIpc) is 3.38. The molecule has 1 aliphatic carbocycles. The summed E-state index contributed by atoms with van der Waals surface area (Å²) in [5.74, 6) is 2.23. The molecule has 2 aromatic rings. The molecule has 28 heavy (non-hydrogen) atoms. The Morgan fingerprint density at radius 2 is 1.96 bits per heavy atom. The first-order chi connectivity index (χ1) is 13.5. The summed E-state index contributed by atoms with van der Waals surface area (Å²) >= 11 is 0. The second kappa shape index (κ2) is 7.90. The van der Waals surface area contributed by atoms with Crippen molar-refractivity contribution < 1.29 is 9.32 Å². The lowest BCUT2D eigenvalue weighted by Crippen LogP contribution is -2.39. The number of hydrogen-bond acceptors (Lipinski definition) is 6. The van der Waals surface area contributed by atoms with Gasteiger partial charge >= 0.3 is 5.69 Å². The Hall–Kier alpha value is -2.42. The minimum atomic E-state index is -0.0903. The number of carbonyl (C=O) groups is 1. The first-order valence-corrected chi connectivity index (χ1v) is 10.1. The molecular weight excluding hydrogens is 360 g/mol. The monoisotopic (exact) mass is 388 g/mol. The van der Waals surface area contributed by atoms with E-state index in [1.54, 1.807) is 20.0 Å². The number of likely N-dealkylation sites (tertiary alicyclic amines) is 1. The summed E-state index contributed by atoms with van der Waals surface area (Å²) in [5.41, 5.74) is 0.00612. The molecule has 152 valence electrons. The first kappa shape index (κ1) is 18.9. The molecule has 1 amide bonds. The summed E-state index contributed by atoms with van der Waals surface area (Å²) in [5, 5.41) is 11.1. The molecule has 1 saturated heterocycles. The molecule has 0 spiro atoms. The fourth-order valence-corrected chi connectivity index (χ4v) is 4.44. The highest BCUT2D eigenvalue weighted by Crippen LogP contribution is 2.33. The minimum absolute atomic E-state index is 0.00612. The van der Waals surface area contributed by atoms with Crippen LogP contribution in [-0.4, -0.2) is 49.9 Å². The molecule has 2 aliphatic rings. The molecule has 0 bridgehead atoms. The lowest BCUT2D eigenvalue weighted by atomic mass is 9.95. The molecule has 4 rings (SSSR count). The van der Waals surface area contributed by atoms with Gasteiger partial charge < -0.3 is 9.84 Å². The third-order valence-electron chi connectivity index (χ3n) is 5.89. The van der Waals surface area contributed by atoms with Crippen LogP contribution in [0, 0.1) is 6.92 Å². The van der Waals surface area contributed by atoms with Crippen LogP contribution < -0.4 is 11.0 Å². The lowest BCUT2D eigenvalue weighted by Gasteiger charge is -2.31. The van der Waals surface area contributed by atoms with Crippen molar-refractivity contribution >= 4 is 11.7 Å². The van der Waals surface area contributed by atoms with Gasteiger partial charge in [0.1, 0.15) is 11.6 Å². The van der Waals surface area contributed by atoms with Crippen LogP contribution in [0.15, 0.2) is 15.4 Å². The number of aromatic nitrogens is 4. The van der Waals surface area contributed by atoms with Crippen LogP contribution in [0.4, 0.5) is 5.82 Å². The maximum Gasteiger partial charge on any atom is 0.345 e. The van der Waals surface area contributed by atoms with Crippen molar-refractivity contribution in [2.75, 3.05) is 25.0 Å². The number of amides is 1. The van der Waals surface area contributed by atoms with Crippen LogP contribution in [0.5, 0.6) is 0 Å². The highest BCUT2D eigenvalue weighted by molar-refractivity contribution is 5.91. The standard InChI is InChI=1S/C19H28N6O3/c1-13-11-16(22-28-13)20-17(26)12-24-9-7-14(8-10-24)18-21-23(2)19(27)25(18)15-5-3-4-6-15/h11,14-15H,3-10,12H2,1-2H3,(H,20,22,26). The maximum atomic E-state index is 12.6. The van der Waals surface area contributed by atoms with Crippen molar-refractivity contribution in [2.24, 2.45) is 7.05 Å². The van der Waals surface area contributed by atoms with E-state index in [1.165, 1.54) is 17.5 Å². The zero-order valence-corrected chi connectivity index (χ0v) is 16.6. The molecule has 0 radical (unpaired) electrons. The molecule has 9 nitrogen and oxygen atoms in total. The predicted octanol–water partition coefficient (Wildman–Crippen LogP) is 1.81. The van der Waals surface area contributed by atoms with Crippen molar-refractivity contribution in [1.29, 1.82) is 0 Å². The molecule has 0 atom stereocenters. The Morgan fingerprint density at radius 3 is 2.61 bits per heavy atom. The fraction of sp³-hybridized carbons (Fsp3) is 0.684. The van der Waals surface area contributed by atoms with Crippen molar-refractivity contribution in [1.82, 2.24) is 24.4 Å². The molecule has 1 saturated carbocycles. The van der Waals surface area contributed by atoms with Gasteiger partial charge in [0, 0.05) is 25.1 Å². The maximum absolute atomic E-state index is 12.6. The van der Waals surface area contributed by atoms with Crippen LogP contribution in [0.2, 0.25) is 0 Å². The molecule has 2 fully saturated rings. The van der Waals surface area contributed by atoms with Crippen molar-refractivity contribution in [2.45, 2.75) is 57.4 Å². The van der Waals surface area contributed by atoms with Crippen LogP contribution in [0.3, 0.4) is 0 Å². The van der Waals surface area contributed by atoms with Crippen LogP contribution in [0.25, 0.3) is 0 Å². The van der Waals surface area contributed by atoms with E-state index in [0.717, 1.165) is 44.6 Å². The molecule has 1 N–H and O–H groups in total. The van der Waals surface area contributed by atoms with Gasteiger partial charge in [-0.15, -0.1) is 0 Å². The zero-order chi connectivity index (χ0) is 19.7. The van der Waals surface area contributed by atoms with Crippen molar-refractivity contribution in [3.63, 3.8) is 0 Å². The smallest absolute Gasteiger partial charge is 0.345 e. The van der Waals surface area contributed by atoms with E-state index in [9.17, 15) is 9.59 Å². The Bertz CT molecular complexity index is 884. The number of aryl methyl sites for hydroxylation is 2. The summed E-state index contributed by atoms with van der Waals surface area (Å²) in [6, 6.07) is 2.00. The van der Waals surface area contributed by atoms with Crippen molar-refractivity contribution in [3.8, 4) is 0 Å². The number of piperidine rings is 1. The van der Waals surface area contributed by atoms with Gasteiger partial charge in [0.15, 0.2) is 5.82 Å². The quantitative estimate of drug-likeness (QED) is 0.839. The van der Waals surface area contributed by atoms with Crippen molar-refractivity contribution in [3.05, 3.63) is 28.1 Å². The first-order valence-electron chi connectivity index (χ1n) is 10.1. The SMILES string of the molecule is Cc1cc(NC(=O)CN2CCC(c3nn(C)c(=O)n3C3CCCC3)CC2)no1. The van der Waals surface area contributed by atoms with E-state index < -0.39 is 0 Å². The minimum Gasteiger partial charge on any atom is -0.360 e. The number of anilines is 1. The van der Waals surface area contributed by atoms with Gasteiger partial charge in [-0.2, -0.15) is 5.10 Å². The van der Waals surface area contributed by atoms with Crippen LogP contribution >= 0.6 is 0 Å². The number of rotatable bonds is 5. The Morgan fingerprint density at radius 1 is 1.25 bits per heavy atom. The van der Waals surface area contributed by atoms with Gasteiger partial charge in [-0.3, -0.25) is 14.3 Å². The summed E-state index contributed by atoms with van der Waals surface area (Å²) < 4.78 is 8.40. The van der Waals surface area contributed by atoms with E-state index in [0.29, 0.717) is 24.2 Å². The Labute approximate surface area is 163 Å². The number of hydrogen-bond donors (Lipinski definition) is 1. The van der Waals surface area contributed by atoms with E-state index in [-0.39, 0.29) is 17.5 Å². The van der Waals surface area contributed by atoms with Crippen LogP contribution in [0.1, 0.15) is 62.1 Å². The van der Waals surface area contributed by atoms with Crippen LogP contribution in [-0.2, 0) is 11.8 Å². The summed E-state index contributed by atoms with van der Waals surface area (Å²) in [6.45, 7) is 3.74. The summed E-state index contributed by atoms with van der Waals surface area (Å²) in [6.07, 6.45) is 6.31. The van der Waals surface area contributed by atoms with Gasteiger partial charge in [0.2, 0.25) is 5.91 Å². The average molecular weight is 388 g/mol. The second-order valence-electron chi connectivity index (χ2n) is 7.99. The van der Waals surface area contributed by atoms with Gasteiger partial charge in [-0.1, -0.05) is 18.0 Å². The second-order valence-corrected chi connectivity index (χ2v) is 7.99. The largest absolute Gasteiger partial charge is 0.360 e. The number of carbonyl (C=O) groups excluding carboxylic acids is 1. The lowest BCUT2D eigenvalue weighted by molar-refractivity contribution is -0.117. The molecule has 0 unspecified atom stereocenters. The molecule has 0 aromatic carbocycles. The van der Waals surface area contributed by atoms with Gasteiger partial charge in [0.05, 0.1) is 6.54 Å². The molecular formula is C19H28N6O3. The van der Waals surface area contributed by atoms with Gasteiger partial charge in [-0.05, 0) is 45.7 Å². The summed E-state index contributed by atoms with van der Waals surface area (Å²) in [7, 11) is 1.74. The highest BCUT2D eigenvalue weighted by Gasteiger charge is 2.30.